The van der Waals surface area contributed by atoms with E-state index in [9.17, 15) is 22.0 Å². The van der Waals surface area contributed by atoms with E-state index >= 15 is 4.79 Å². The van der Waals surface area contributed by atoms with Crippen LogP contribution in [-0.4, -0.2) is 83.1 Å². The molecule has 0 bridgehead atoms. The molecule has 62 heavy (non-hydrogen) atoms. The molecule has 1 N–H and O–H groups in total. The minimum Gasteiger partial charge on any atom is -0.497 e. The quantitative estimate of drug-likeness (QED) is 0.143. The number of hydrogen-bond donors (Lipinski definition) is 1. The van der Waals surface area contributed by atoms with Crippen LogP contribution in [0.25, 0.3) is 27.6 Å². The van der Waals surface area contributed by atoms with Crippen LogP contribution in [0.3, 0.4) is 0 Å². The number of nitrogens with zero attached hydrogens (tertiary/aromatic N) is 7. The minimum atomic E-state index is -4.01. The number of pyridine rings is 1. The summed E-state index contributed by atoms with van der Waals surface area (Å²) < 4.78 is 77.1. The van der Waals surface area contributed by atoms with Gasteiger partial charge in [0.05, 0.1) is 65.2 Å². The van der Waals surface area contributed by atoms with Gasteiger partial charge >= 0.3 is 6.09 Å². The summed E-state index contributed by atoms with van der Waals surface area (Å²) in [6.07, 6.45) is -0.321. The number of rotatable bonds is 11. The Labute approximate surface area is 362 Å². The van der Waals surface area contributed by atoms with E-state index in [2.05, 4.69) is 10.4 Å². The lowest BCUT2D eigenvalue weighted by Crippen LogP contribution is -2.45. The molecule has 19 heteroatoms. The van der Waals surface area contributed by atoms with Gasteiger partial charge in [-0.1, -0.05) is 23.7 Å². The first kappa shape index (κ1) is 44.2. The summed E-state index contributed by atoms with van der Waals surface area (Å²) >= 11 is 6.93. The molecule has 3 aromatic heterocycles. The van der Waals surface area contributed by atoms with Gasteiger partial charge in [0.15, 0.2) is 11.5 Å². The fraction of sp³-hybridized carbons (Fsp3) is 0.372. The zero-order valence-corrected chi connectivity index (χ0v) is 37.0. The first-order chi connectivity index (χ1) is 29.2. The normalized spacial score (nSPS) is 16.4. The molecule has 3 aromatic carbocycles. The van der Waals surface area contributed by atoms with Crippen molar-refractivity contribution in [3.63, 3.8) is 0 Å². The lowest BCUT2D eigenvalue weighted by Gasteiger charge is -2.36. The minimum absolute atomic E-state index is 0.0186. The topological polar surface area (TPSA) is 163 Å². The molecule has 1 aliphatic heterocycles. The number of morpholine rings is 1. The zero-order valence-electron chi connectivity index (χ0n) is 35.4. The van der Waals surface area contributed by atoms with Crippen LogP contribution in [0.2, 0.25) is 5.02 Å². The van der Waals surface area contributed by atoms with Crippen LogP contribution in [0, 0.1) is 11.6 Å². The van der Waals surface area contributed by atoms with E-state index in [1.807, 2.05) is 18.7 Å². The van der Waals surface area contributed by atoms with E-state index in [4.69, 9.17) is 35.8 Å². The Hall–Kier alpha value is -5.85. The third-order valence-corrected chi connectivity index (χ3v) is 11.5. The monoisotopic (exact) mass is 892 g/mol. The molecule has 0 saturated carbocycles. The van der Waals surface area contributed by atoms with Gasteiger partial charge in [-0.15, -0.1) is 0 Å². The van der Waals surface area contributed by atoms with Crippen LogP contribution in [-0.2, 0) is 39.5 Å². The average Bonchev–Trinajstić information content (AvgIpc) is 3.52. The molecule has 7 rings (SSSR count). The number of halogens is 3. The number of carbonyl (C=O) groups is 1. The van der Waals surface area contributed by atoms with Crippen LogP contribution in [0.1, 0.15) is 57.6 Å². The first-order valence-corrected chi connectivity index (χ1v) is 22.0. The number of fused-ring (bicyclic) bond motifs is 2. The Bertz CT molecular complexity index is 2820. The predicted octanol–water partition coefficient (Wildman–Crippen LogP) is 7.00. The molecule has 4 heterocycles. The van der Waals surface area contributed by atoms with Crippen molar-refractivity contribution in [3.8, 4) is 11.4 Å². The average molecular weight is 893 g/mol. The summed E-state index contributed by atoms with van der Waals surface area (Å²) in [7, 11) is -0.913. The van der Waals surface area contributed by atoms with Gasteiger partial charge in [0, 0.05) is 32.6 Å². The number of aromatic nitrogens is 5. The van der Waals surface area contributed by atoms with Crippen molar-refractivity contribution in [1.82, 2.24) is 29.6 Å². The van der Waals surface area contributed by atoms with Crippen molar-refractivity contribution in [2.75, 3.05) is 35.7 Å². The van der Waals surface area contributed by atoms with Crippen LogP contribution in [0.5, 0.6) is 5.75 Å². The summed E-state index contributed by atoms with van der Waals surface area (Å²) in [4.78, 5) is 40.6. The van der Waals surface area contributed by atoms with Gasteiger partial charge in [-0.3, -0.25) is 14.0 Å². The van der Waals surface area contributed by atoms with Crippen molar-refractivity contribution in [1.29, 1.82) is 0 Å². The largest absolute Gasteiger partial charge is 0.497 e. The number of alkyl carbamates (subject to hydrolysis) is 1. The van der Waals surface area contributed by atoms with Crippen molar-refractivity contribution in [2.45, 2.75) is 71.4 Å². The predicted molar refractivity (Wildman–Crippen MR) is 233 cm³/mol. The van der Waals surface area contributed by atoms with Gasteiger partial charge in [-0.05, 0) is 94.3 Å². The van der Waals surface area contributed by atoms with Gasteiger partial charge in [-0.2, -0.15) is 5.10 Å². The number of anilines is 2. The summed E-state index contributed by atoms with van der Waals surface area (Å²) in [6.45, 7) is 9.84. The third-order valence-electron chi connectivity index (χ3n) is 10.1. The van der Waals surface area contributed by atoms with Crippen molar-refractivity contribution >= 4 is 61.3 Å². The number of sulfonamides is 1. The second-order valence-electron chi connectivity index (χ2n) is 16.3. The number of hydrogen-bond acceptors (Lipinski definition) is 11. The maximum Gasteiger partial charge on any atom is 0.408 e. The van der Waals surface area contributed by atoms with E-state index < -0.39 is 45.0 Å². The lowest BCUT2D eigenvalue weighted by atomic mass is 10.0. The SMILES string of the molecule is COc1ccc(CN(c2nn(C)c3c(-n4c([C@H](Cc5cc(F)cc(F)c5)NC(=O)OC(C)(C)C)nc5nc(N6C[C@@H](C)O[C@@H](C)C6)ccc5c4=O)ccc(Cl)c23)S(C)(=O)=O)cc1. The van der Waals surface area contributed by atoms with E-state index in [0.29, 0.717) is 30.2 Å². The Balaban J connectivity index is 1.49. The standard InChI is InChI=1S/C43H47ClF2N8O7S/c1-24-21-52(22-25(2)60-24)35-16-13-31-38(48-35)49-39(33(47-42(56)61-43(3,4)5)19-27-17-28(45)20-29(46)18-27)54(41(31)55)34-15-14-32(44)36-37(34)51(6)50-40(36)53(62(8,57)58)23-26-9-11-30(59-7)12-10-26/h9-18,20,24-25,33H,19,21-23H2,1-8H3,(H,47,56)/t24-,25+,33-/m0/s1. The Morgan fingerprint density at radius 2 is 1.66 bits per heavy atom. The molecular weight excluding hydrogens is 846 g/mol. The van der Waals surface area contributed by atoms with Crippen LogP contribution in [0.15, 0.2) is 71.5 Å². The van der Waals surface area contributed by atoms with E-state index in [1.165, 1.54) is 22.4 Å². The van der Waals surface area contributed by atoms with Crippen LogP contribution < -0.4 is 24.8 Å². The van der Waals surface area contributed by atoms with Gasteiger partial charge in [0.25, 0.3) is 5.56 Å². The van der Waals surface area contributed by atoms with E-state index in [1.54, 1.807) is 70.3 Å². The molecule has 1 saturated heterocycles. The maximum absolute atomic E-state index is 15.2. The highest BCUT2D eigenvalue weighted by Gasteiger charge is 2.32. The van der Waals surface area contributed by atoms with Crippen LogP contribution >= 0.6 is 11.6 Å². The molecule has 15 nitrogen and oxygen atoms in total. The lowest BCUT2D eigenvalue weighted by molar-refractivity contribution is -0.00545. The summed E-state index contributed by atoms with van der Waals surface area (Å²) in [5, 5.41) is 7.88. The molecule has 0 unspecified atom stereocenters. The molecule has 1 fully saturated rings. The molecule has 3 atom stereocenters. The number of benzene rings is 3. The molecule has 0 aliphatic carbocycles. The second-order valence-corrected chi connectivity index (χ2v) is 18.7. The number of ether oxygens (including phenoxy) is 3. The number of aryl methyl sites for hydroxylation is 1. The smallest absolute Gasteiger partial charge is 0.408 e. The maximum atomic E-state index is 15.2. The van der Waals surface area contributed by atoms with Gasteiger partial charge in [0.1, 0.15) is 34.6 Å². The number of carbonyl (C=O) groups excluding carboxylic acids is 1. The Kier molecular flexibility index (Phi) is 12.2. The van der Waals surface area contributed by atoms with Gasteiger partial charge in [-0.25, -0.2) is 36.3 Å². The first-order valence-electron chi connectivity index (χ1n) is 19.7. The number of methoxy groups -OCH3 is 1. The van der Waals surface area contributed by atoms with E-state index in [-0.39, 0.29) is 75.0 Å². The molecular formula is C43H47ClF2N8O7S. The van der Waals surface area contributed by atoms with Gasteiger partial charge in [0.2, 0.25) is 10.0 Å². The number of amides is 1. The molecule has 1 aliphatic rings. The summed E-state index contributed by atoms with van der Waals surface area (Å²) in [5.74, 6) is -0.702. The second kappa shape index (κ2) is 17.1. The highest BCUT2D eigenvalue weighted by Crippen LogP contribution is 2.38. The fourth-order valence-corrected chi connectivity index (χ4v) is 8.70. The molecule has 1 amide bonds. The van der Waals surface area contributed by atoms with Gasteiger partial charge < -0.3 is 24.4 Å². The number of nitrogens with one attached hydrogen (secondary N) is 1. The Morgan fingerprint density at radius 1 is 1.00 bits per heavy atom. The molecule has 0 spiro atoms. The summed E-state index contributed by atoms with van der Waals surface area (Å²) in [6, 6.07) is 14.9. The summed E-state index contributed by atoms with van der Waals surface area (Å²) in [5.41, 5.74) is -0.409. The Morgan fingerprint density at radius 3 is 2.27 bits per heavy atom. The molecule has 0 radical (unpaired) electrons. The van der Waals surface area contributed by atoms with Crippen molar-refractivity contribution < 1.29 is 36.2 Å². The fourth-order valence-electron chi connectivity index (χ4n) is 7.64. The molecule has 6 aromatic rings. The van der Waals surface area contributed by atoms with E-state index in [0.717, 1.165) is 28.8 Å². The van der Waals surface area contributed by atoms with Crippen LogP contribution in [0.4, 0.5) is 25.2 Å². The zero-order chi connectivity index (χ0) is 44.8. The molecule has 328 valence electrons. The van der Waals surface area contributed by atoms with Crippen molar-refractivity contribution in [2.24, 2.45) is 7.05 Å². The highest BCUT2D eigenvalue weighted by atomic mass is 35.5. The highest BCUT2D eigenvalue weighted by molar-refractivity contribution is 7.92. The van der Waals surface area contributed by atoms with Crippen molar-refractivity contribution in [3.05, 3.63) is 111 Å². The third kappa shape index (κ3) is 9.46.